The summed E-state index contributed by atoms with van der Waals surface area (Å²) >= 11 is 0. The van der Waals surface area contributed by atoms with E-state index in [1.54, 1.807) is 48.5 Å². The monoisotopic (exact) mass is 437 g/mol. The van der Waals surface area contributed by atoms with Gasteiger partial charge in [-0.05, 0) is 54.7 Å². The molecule has 4 atom stereocenters. The molecular weight excluding hydrogens is 418 g/mol. The van der Waals surface area contributed by atoms with Gasteiger partial charge in [-0.1, -0.05) is 24.3 Å². The quantitative estimate of drug-likeness (QED) is 0.382. The van der Waals surface area contributed by atoms with Crippen molar-refractivity contribution in [2.75, 3.05) is 10.2 Å². The van der Waals surface area contributed by atoms with Crippen molar-refractivity contribution in [1.29, 1.82) is 0 Å². The van der Waals surface area contributed by atoms with E-state index in [9.17, 15) is 19.2 Å². The maximum Gasteiger partial charge on any atom is 0.255 e. The van der Waals surface area contributed by atoms with E-state index in [0.29, 0.717) is 33.4 Å². The number of fused-ring (bicyclic) bond motifs is 6. The third kappa shape index (κ3) is 2.85. The van der Waals surface area contributed by atoms with E-state index in [2.05, 4.69) is 22.5 Å². The largest absolute Gasteiger partial charge is 0.320 e. The predicted molar refractivity (Wildman–Crippen MR) is 122 cm³/mol. The molecule has 0 radical (unpaired) electrons. The van der Waals surface area contributed by atoms with Gasteiger partial charge in [0, 0.05) is 22.7 Å². The van der Waals surface area contributed by atoms with Crippen molar-refractivity contribution < 1.29 is 19.2 Å². The second-order valence-electron chi connectivity index (χ2n) is 8.73. The fourth-order valence-electron chi connectivity index (χ4n) is 5.51. The highest BCUT2D eigenvalue weighted by Gasteiger charge is 2.59. The molecule has 1 N–H and O–H groups in total. The lowest BCUT2D eigenvalue weighted by atomic mass is 9.85. The van der Waals surface area contributed by atoms with Crippen molar-refractivity contribution >= 4 is 46.3 Å². The first-order valence-electron chi connectivity index (χ1n) is 10.9. The number of pyridine rings is 1. The molecule has 4 unspecified atom stereocenters. The van der Waals surface area contributed by atoms with Crippen LogP contribution in [-0.4, -0.2) is 29.0 Å². The number of hydrogen-bond donors (Lipinski definition) is 1. The van der Waals surface area contributed by atoms with Crippen molar-refractivity contribution in [3.63, 3.8) is 0 Å². The van der Waals surface area contributed by atoms with Gasteiger partial charge in [0.25, 0.3) is 5.91 Å². The molecule has 2 aliphatic carbocycles. The lowest BCUT2D eigenvalue weighted by molar-refractivity contribution is -0.123. The number of nitrogens with one attached hydrogen (secondary N) is 1. The van der Waals surface area contributed by atoms with Crippen molar-refractivity contribution in [1.82, 2.24) is 4.98 Å². The van der Waals surface area contributed by atoms with E-state index in [0.717, 1.165) is 12.7 Å². The summed E-state index contributed by atoms with van der Waals surface area (Å²) in [5.74, 6) is -0.860. The van der Waals surface area contributed by atoms with Gasteiger partial charge < -0.3 is 5.32 Å². The number of carbonyl (C=O) groups is 4. The van der Waals surface area contributed by atoms with Crippen LogP contribution in [0.15, 0.2) is 66.9 Å². The highest BCUT2D eigenvalue weighted by Crippen LogP contribution is 2.53. The van der Waals surface area contributed by atoms with Crippen molar-refractivity contribution in [2.24, 2.45) is 23.7 Å². The lowest BCUT2D eigenvalue weighted by Gasteiger charge is -2.17. The number of para-hydroxylation sites is 1. The SMILES string of the molecule is O=Cc1ccnc2c(NC(=O)c3ccc(N4C(=O)C5C6C=CC(C6)C5C4=O)cc3)cccc12. The minimum Gasteiger partial charge on any atom is -0.320 e. The number of carbonyl (C=O) groups excluding carboxylic acids is 4. The molecule has 2 fully saturated rings. The van der Waals surface area contributed by atoms with Gasteiger partial charge in [0.15, 0.2) is 6.29 Å². The Morgan fingerprint density at radius 3 is 2.33 bits per heavy atom. The molecule has 1 saturated heterocycles. The maximum atomic E-state index is 13.0. The highest BCUT2D eigenvalue weighted by atomic mass is 16.2. The molecule has 6 rings (SSSR count). The number of allylic oxidation sites excluding steroid dienone is 2. The Bertz CT molecular complexity index is 1350. The van der Waals surface area contributed by atoms with Gasteiger partial charge in [-0.15, -0.1) is 0 Å². The summed E-state index contributed by atoms with van der Waals surface area (Å²) in [5.41, 5.74) is 2.37. The predicted octanol–water partition coefficient (Wildman–Crippen LogP) is 3.61. The van der Waals surface area contributed by atoms with Crippen LogP contribution in [-0.2, 0) is 9.59 Å². The van der Waals surface area contributed by atoms with Gasteiger partial charge in [0.1, 0.15) is 0 Å². The molecule has 3 amide bonds. The first-order chi connectivity index (χ1) is 16.1. The summed E-state index contributed by atoms with van der Waals surface area (Å²) < 4.78 is 0. The zero-order valence-electron chi connectivity index (χ0n) is 17.5. The van der Waals surface area contributed by atoms with Gasteiger partial charge in [0.2, 0.25) is 11.8 Å². The second-order valence-corrected chi connectivity index (χ2v) is 8.73. The summed E-state index contributed by atoms with van der Waals surface area (Å²) in [6, 6.07) is 13.3. The van der Waals surface area contributed by atoms with Gasteiger partial charge in [-0.2, -0.15) is 0 Å². The fraction of sp³-hybridized carbons (Fsp3) is 0.192. The van der Waals surface area contributed by atoms with Crippen LogP contribution in [0.3, 0.4) is 0 Å². The Morgan fingerprint density at radius 1 is 0.970 bits per heavy atom. The minimum absolute atomic E-state index is 0.146. The summed E-state index contributed by atoms with van der Waals surface area (Å²) in [6.45, 7) is 0. The second kappa shape index (κ2) is 7.20. The molecule has 1 aliphatic heterocycles. The summed E-state index contributed by atoms with van der Waals surface area (Å²) in [7, 11) is 0. The van der Waals surface area contributed by atoms with Crippen LogP contribution in [0.25, 0.3) is 10.9 Å². The Kier molecular flexibility index (Phi) is 4.26. The number of benzene rings is 2. The lowest BCUT2D eigenvalue weighted by Crippen LogP contribution is -2.32. The van der Waals surface area contributed by atoms with E-state index in [-0.39, 0.29) is 41.4 Å². The molecular formula is C26H19N3O4. The molecule has 7 nitrogen and oxygen atoms in total. The highest BCUT2D eigenvalue weighted by molar-refractivity contribution is 6.23. The van der Waals surface area contributed by atoms with Crippen LogP contribution in [0.4, 0.5) is 11.4 Å². The fourth-order valence-corrected chi connectivity index (χ4v) is 5.51. The minimum atomic E-state index is -0.356. The number of imide groups is 1. The Morgan fingerprint density at radius 2 is 1.67 bits per heavy atom. The van der Waals surface area contributed by atoms with E-state index in [1.807, 2.05) is 0 Å². The maximum absolute atomic E-state index is 13.0. The van der Waals surface area contributed by atoms with Gasteiger partial charge in [-0.25, -0.2) is 0 Å². The Labute approximate surface area is 189 Å². The molecule has 33 heavy (non-hydrogen) atoms. The van der Waals surface area contributed by atoms with Crippen LogP contribution in [0.5, 0.6) is 0 Å². The number of nitrogens with zero attached hydrogens (tertiary/aromatic N) is 2. The van der Waals surface area contributed by atoms with E-state index in [1.165, 1.54) is 11.1 Å². The Hall–Kier alpha value is -4.13. The number of aldehydes is 1. The van der Waals surface area contributed by atoms with Gasteiger partial charge >= 0.3 is 0 Å². The van der Waals surface area contributed by atoms with Crippen molar-refractivity contribution in [3.8, 4) is 0 Å². The average Bonchev–Trinajstić information content (AvgIpc) is 3.52. The molecule has 2 heterocycles. The smallest absolute Gasteiger partial charge is 0.255 e. The summed E-state index contributed by atoms with van der Waals surface area (Å²) in [5, 5.41) is 3.49. The van der Waals surface area contributed by atoms with Crippen LogP contribution in [0.1, 0.15) is 27.1 Å². The van der Waals surface area contributed by atoms with E-state index >= 15 is 0 Å². The van der Waals surface area contributed by atoms with Crippen LogP contribution in [0.2, 0.25) is 0 Å². The third-order valence-corrected chi connectivity index (χ3v) is 7.04. The van der Waals surface area contributed by atoms with Crippen LogP contribution < -0.4 is 10.2 Å². The first kappa shape index (κ1) is 19.5. The Balaban J connectivity index is 1.24. The van der Waals surface area contributed by atoms with Crippen molar-refractivity contribution in [2.45, 2.75) is 6.42 Å². The number of hydrogen-bond acceptors (Lipinski definition) is 5. The van der Waals surface area contributed by atoms with Gasteiger partial charge in [-0.3, -0.25) is 29.1 Å². The first-order valence-corrected chi connectivity index (χ1v) is 10.9. The van der Waals surface area contributed by atoms with Crippen molar-refractivity contribution in [3.05, 3.63) is 78.0 Å². The summed E-state index contributed by atoms with van der Waals surface area (Å²) in [6.07, 6.45) is 7.29. The molecule has 2 bridgehead atoms. The average molecular weight is 437 g/mol. The summed E-state index contributed by atoms with van der Waals surface area (Å²) in [4.78, 5) is 55.7. The topological polar surface area (TPSA) is 96.4 Å². The van der Waals surface area contributed by atoms with Crippen LogP contribution in [0, 0.1) is 23.7 Å². The molecule has 3 aromatic rings. The molecule has 0 spiro atoms. The molecule has 3 aliphatic rings. The molecule has 7 heteroatoms. The zero-order valence-corrected chi connectivity index (χ0v) is 17.5. The normalized spacial score (nSPS) is 25.0. The van der Waals surface area contributed by atoms with Crippen LogP contribution >= 0.6 is 0 Å². The van der Waals surface area contributed by atoms with E-state index < -0.39 is 0 Å². The van der Waals surface area contributed by atoms with E-state index in [4.69, 9.17) is 0 Å². The molecule has 162 valence electrons. The number of rotatable bonds is 4. The van der Waals surface area contributed by atoms with Gasteiger partial charge in [0.05, 0.1) is 28.7 Å². The standard InChI is InChI=1S/C26H19N3O4/c30-13-17-10-11-27-23-19(17)2-1-3-20(23)28-24(31)14-6-8-18(9-7-14)29-25(32)21-15-4-5-16(12-15)22(21)26(29)33/h1-11,13,15-16,21-22H,12H2,(H,28,31). The number of anilines is 2. The molecule has 1 saturated carbocycles. The molecule has 2 aromatic carbocycles. The zero-order chi connectivity index (χ0) is 22.7. The number of amides is 3. The third-order valence-electron chi connectivity index (χ3n) is 7.04. The number of aromatic nitrogens is 1. The molecule has 1 aromatic heterocycles.